The molecule has 0 aliphatic heterocycles. The molecule has 0 radical (unpaired) electrons. The number of halogens is 1. The molecule has 2 nitrogen and oxygen atoms in total. The standard InChI is InChI=1S/C14H21IN2/c15-13-7-5-12(6-8-13)10-14(17-16)9-11-3-1-2-4-11/h5-8,11,14,17H,1-4,9-10,16H2. The van der Waals surface area contributed by atoms with Crippen LogP contribution in [0.5, 0.6) is 0 Å². The predicted octanol–water partition coefficient (Wildman–Crippen LogP) is 3.25. The molecular formula is C14H21IN2. The van der Waals surface area contributed by atoms with Crippen molar-refractivity contribution >= 4 is 22.6 Å². The molecule has 1 aliphatic rings. The van der Waals surface area contributed by atoms with Crippen molar-refractivity contribution in [3.8, 4) is 0 Å². The summed E-state index contributed by atoms with van der Waals surface area (Å²) in [6.45, 7) is 0. The molecule has 1 aromatic carbocycles. The highest BCUT2D eigenvalue weighted by Crippen LogP contribution is 2.29. The van der Waals surface area contributed by atoms with Crippen LogP contribution in [0.3, 0.4) is 0 Å². The summed E-state index contributed by atoms with van der Waals surface area (Å²) in [4.78, 5) is 0. The summed E-state index contributed by atoms with van der Waals surface area (Å²) in [6, 6.07) is 9.18. The number of nitrogens with one attached hydrogen (secondary N) is 1. The molecule has 0 amide bonds. The monoisotopic (exact) mass is 344 g/mol. The van der Waals surface area contributed by atoms with Gasteiger partial charge in [-0.25, -0.2) is 0 Å². The Balaban J connectivity index is 1.87. The van der Waals surface area contributed by atoms with Gasteiger partial charge in [-0.3, -0.25) is 11.3 Å². The van der Waals surface area contributed by atoms with Crippen molar-refractivity contribution in [1.29, 1.82) is 0 Å². The van der Waals surface area contributed by atoms with Crippen molar-refractivity contribution in [2.45, 2.75) is 44.6 Å². The molecule has 0 aromatic heterocycles. The van der Waals surface area contributed by atoms with Crippen LogP contribution in [-0.4, -0.2) is 6.04 Å². The van der Waals surface area contributed by atoms with E-state index in [9.17, 15) is 0 Å². The van der Waals surface area contributed by atoms with Crippen LogP contribution in [0.15, 0.2) is 24.3 Å². The smallest absolute Gasteiger partial charge is 0.0253 e. The first-order chi connectivity index (χ1) is 8.28. The second-order valence-electron chi connectivity index (χ2n) is 5.08. The van der Waals surface area contributed by atoms with Crippen LogP contribution in [-0.2, 0) is 6.42 Å². The zero-order valence-corrected chi connectivity index (χ0v) is 12.3. The average Bonchev–Trinajstić information content (AvgIpc) is 2.84. The maximum Gasteiger partial charge on any atom is 0.0253 e. The summed E-state index contributed by atoms with van der Waals surface area (Å²) in [5.74, 6) is 6.57. The Morgan fingerprint density at radius 1 is 1.24 bits per heavy atom. The fourth-order valence-corrected chi connectivity index (χ4v) is 3.12. The summed E-state index contributed by atoms with van der Waals surface area (Å²) in [6.07, 6.45) is 7.87. The van der Waals surface area contributed by atoms with E-state index in [1.54, 1.807) is 0 Å². The Morgan fingerprint density at radius 3 is 2.47 bits per heavy atom. The highest BCUT2D eigenvalue weighted by molar-refractivity contribution is 14.1. The van der Waals surface area contributed by atoms with Gasteiger partial charge < -0.3 is 0 Å². The average molecular weight is 344 g/mol. The lowest BCUT2D eigenvalue weighted by Gasteiger charge is -2.19. The van der Waals surface area contributed by atoms with Gasteiger partial charge in [0.15, 0.2) is 0 Å². The largest absolute Gasteiger partial charge is 0.271 e. The first-order valence-electron chi connectivity index (χ1n) is 6.48. The lowest BCUT2D eigenvalue weighted by atomic mass is 9.94. The number of nitrogens with two attached hydrogens (primary N) is 1. The fraction of sp³-hybridized carbons (Fsp3) is 0.571. The lowest BCUT2D eigenvalue weighted by molar-refractivity contribution is 0.389. The van der Waals surface area contributed by atoms with Gasteiger partial charge in [0.2, 0.25) is 0 Å². The number of benzene rings is 1. The van der Waals surface area contributed by atoms with Gasteiger partial charge in [0.1, 0.15) is 0 Å². The molecule has 1 aliphatic carbocycles. The van der Waals surface area contributed by atoms with Gasteiger partial charge in [0.25, 0.3) is 0 Å². The van der Waals surface area contributed by atoms with E-state index in [0.29, 0.717) is 6.04 Å². The van der Waals surface area contributed by atoms with Gasteiger partial charge in [-0.2, -0.15) is 0 Å². The maximum absolute atomic E-state index is 5.68. The minimum absolute atomic E-state index is 0.429. The highest BCUT2D eigenvalue weighted by atomic mass is 127. The van der Waals surface area contributed by atoms with Crippen LogP contribution in [0.2, 0.25) is 0 Å². The number of hydrogen-bond donors (Lipinski definition) is 2. The first kappa shape index (κ1) is 13.3. The number of rotatable bonds is 5. The van der Waals surface area contributed by atoms with E-state index in [1.165, 1.54) is 41.2 Å². The van der Waals surface area contributed by atoms with Crippen LogP contribution in [0.1, 0.15) is 37.7 Å². The molecule has 0 saturated heterocycles. The highest BCUT2D eigenvalue weighted by Gasteiger charge is 2.19. The maximum atomic E-state index is 5.68. The lowest BCUT2D eigenvalue weighted by Crippen LogP contribution is -2.38. The molecule has 1 saturated carbocycles. The van der Waals surface area contributed by atoms with Crippen molar-refractivity contribution in [2.24, 2.45) is 11.8 Å². The van der Waals surface area contributed by atoms with Crippen LogP contribution in [0.25, 0.3) is 0 Å². The van der Waals surface area contributed by atoms with Gasteiger partial charge in [-0.15, -0.1) is 0 Å². The summed E-state index contributed by atoms with van der Waals surface area (Å²) in [7, 11) is 0. The third-order valence-electron chi connectivity index (χ3n) is 3.72. The van der Waals surface area contributed by atoms with E-state index in [2.05, 4.69) is 52.3 Å². The van der Waals surface area contributed by atoms with E-state index in [0.717, 1.165) is 12.3 Å². The zero-order valence-electron chi connectivity index (χ0n) is 10.2. The quantitative estimate of drug-likeness (QED) is 0.489. The fourth-order valence-electron chi connectivity index (χ4n) is 2.76. The zero-order chi connectivity index (χ0) is 12.1. The van der Waals surface area contributed by atoms with Gasteiger partial charge in [-0.05, 0) is 59.0 Å². The summed E-state index contributed by atoms with van der Waals surface area (Å²) < 4.78 is 1.29. The second-order valence-corrected chi connectivity index (χ2v) is 6.33. The van der Waals surface area contributed by atoms with Gasteiger partial charge in [-0.1, -0.05) is 37.8 Å². The Hall–Kier alpha value is -0.130. The Labute approximate surface area is 117 Å². The molecule has 3 heteroatoms. The summed E-state index contributed by atoms with van der Waals surface area (Å²) in [5.41, 5.74) is 4.37. The molecule has 94 valence electrons. The van der Waals surface area contributed by atoms with Gasteiger partial charge >= 0.3 is 0 Å². The number of hydrogen-bond acceptors (Lipinski definition) is 2. The van der Waals surface area contributed by atoms with E-state index in [4.69, 9.17) is 5.84 Å². The van der Waals surface area contributed by atoms with Gasteiger partial charge in [0.05, 0.1) is 0 Å². The Bertz CT molecular complexity index is 331. The number of hydrazine groups is 1. The molecule has 0 bridgehead atoms. The molecular weight excluding hydrogens is 323 g/mol. The van der Waals surface area contributed by atoms with Crippen molar-refractivity contribution in [3.63, 3.8) is 0 Å². The van der Waals surface area contributed by atoms with Crippen molar-refractivity contribution < 1.29 is 0 Å². The van der Waals surface area contributed by atoms with Crippen LogP contribution < -0.4 is 11.3 Å². The van der Waals surface area contributed by atoms with E-state index >= 15 is 0 Å². The minimum Gasteiger partial charge on any atom is -0.271 e. The molecule has 1 atom stereocenters. The molecule has 17 heavy (non-hydrogen) atoms. The second kappa shape index (κ2) is 6.71. The normalized spacial score (nSPS) is 18.5. The van der Waals surface area contributed by atoms with Crippen molar-refractivity contribution in [2.75, 3.05) is 0 Å². The van der Waals surface area contributed by atoms with Crippen molar-refractivity contribution in [3.05, 3.63) is 33.4 Å². The third-order valence-corrected chi connectivity index (χ3v) is 4.44. The third kappa shape index (κ3) is 4.23. The SMILES string of the molecule is NNC(Cc1ccc(I)cc1)CC1CCCC1. The minimum atomic E-state index is 0.429. The molecule has 1 unspecified atom stereocenters. The molecule has 0 spiro atoms. The molecule has 0 heterocycles. The predicted molar refractivity (Wildman–Crippen MR) is 80.5 cm³/mol. The van der Waals surface area contributed by atoms with Crippen molar-refractivity contribution in [1.82, 2.24) is 5.43 Å². The van der Waals surface area contributed by atoms with Crippen LogP contribution in [0.4, 0.5) is 0 Å². The first-order valence-corrected chi connectivity index (χ1v) is 7.56. The summed E-state index contributed by atoms with van der Waals surface area (Å²) in [5, 5.41) is 0. The van der Waals surface area contributed by atoms with E-state index < -0.39 is 0 Å². The molecule has 3 N–H and O–H groups in total. The molecule has 1 fully saturated rings. The molecule has 2 rings (SSSR count). The van der Waals surface area contributed by atoms with Gasteiger partial charge in [0, 0.05) is 9.61 Å². The van der Waals surface area contributed by atoms with Crippen LogP contribution >= 0.6 is 22.6 Å². The molecule has 1 aromatic rings. The van der Waals surface area contributed by atoms with E-state index in [1.807, 2.05) is 0 Å². The topological polar surface area (TPSA) is 38.0 Å². The summed E-state index contributed by atoms with van der Waals surface area (Å²) >= 11 is 2.34. The Morgan fingerprint density at radius 2 is 1.88 bits per heavy atom. The van der Waals surface area contributed by atoms with E-state index in [-0.39, 0.29) is 0 Å². The Kier molecular flexibility index (Phi) is 5.25. The van der Waals surface area contributed by atoms with Crippen LogP contribution in [0, 0.1) is 9.49 Å².